The molecular weight excluding hydrogens is 370 g/mol. The molecule has 1 aliphatic heterocycles. The van der Waals surface area contributed by atoms with E-state index in [4.69, 9.17) is 21.1 Å². The van der Waals surface area contributed by atoms with Crippen molar-refractivity contribution >= 4 is 23.5 Å². The minimum atomic E-state index is -1.14. The van der Waals surface area contributed by atoms with E-state index in [0.29, 0.717) is 16.7 Å². The predicted octanol–water partition coefficient (Wildman–Crippen LogP) is 3.78. The molecule has 1 N–H and O–H groups in total. The third-order valence-electron chi connectivity index (χ3n) is 4.37. The molecule has 2 aromatic rings. The number of nitrogens with zero attached hydrogens (tertiary/aromatic N) is 3. The fourth-order valence-corrected chi connectivity index (χ4v) is 3.13. The number of benzene rings is 1. The Labute approximate surface area is 162 Å². The lowest BCUT2D eigenvalue weighted by atomic mass is 10.1. The molecule has 1 fully saturated rings. The third-order valence-corrected chi connectivity index (χ3v) is 4.67. The molecule has 8 heteroatoms. The highest BCUT2D eigenvalue weighted by molar-refractivity contribution is 6.32. The molecule has 3 rings (SSSR count). The van der Waals surface area contributed by atoms with Gasteiger partial charge in [-0.2, -0.15) is 4.98 Å². The van der Waals surface area contributed by atoms with Crippen LogP contribution in [0.3, 0.4) is 0 Å². The molecule has 0 amide bonds. The Kier molecular flexibility index (Phi) is 6.01. The monoisotopic (exact) mass is 390 g/mol. The highest BCUT2D eigenvalue weighted by Crippen LogP contribution is 2.30. The van der Waals surface area contributed by atoms with E-state index in [-0.39, 0.29) is 11.4 Å². The Morgan fingerprint density at radius 3 is 2.85 bits per heavy atom. The maximum atomic E-state index is 11.5. The summed E-state index contributed by atoms with van der Waals surface area (Å²) >= 11 is 6.17. The first-order valence-corrected chi connectivity index (χ1v) is 9.04. The maximum absolute atomic E-state index is 11.5. The van der Waals surface area contributed by atoms with Gasteiger partial charge < -0.3 is 19.5 Å². The van der Waals surface area contributed by atoms with Crippen molar-refractivity contribution < 1.29 is 19.4 Å². The predicted molar refractivity (Wildman–Crippen MR) is 102 cm³/mol. The average molecular weight is 391 g/mol. The van der Waals surface area contributed by atoms with Crippen molar-refractivity contribution in [3.63, 3.8) is 0 Å². The fourth-order valence-electron chi connectivity index (χ4n) is 2.86. The Bertz CT molecular complexity index is 825. The van der Waals surface area contributed by atoms with Crippen LogP contribution in [0.15, 0.2) is 24.4 Å². The van der Waals surface area contributed by atoms with Crippen LogP contribution in [0.1, 0.15) is 41.8 Å². The van der Waals surface area contributed by atoms with Gasteiger partial charge in [-0.15, -0.1) is 0 Å². The van der Waals surface area contributed by atoms with Gasteiger partial charge in [0.1, 0.15) is 17.4 Å². The molecule has 1 aromatic carbocycles. The number of carbonyl (C=O) groups is 1. The first kappa shape index (κ1) is 19.2. The van der Waals surface area contributed by atoms with Crippen LogP contribution in [-0.2, 0) is 0 Å². The molecule has 7 nitrogen and oxygen atoms in total. The van der Waals surface area contributed by atoms with Gasteiger partial charge in [-0.1, -0.05) is 17.7 Å². The van der Waals surface area contributed by atoms with Gasteiger partial charge in [-0.05, 0) is 43.9 Å². The number of hydrogen-bond acceptors (Lipinski definition) is 6. The molecule has 1 radical (unpaired) electrons. The van der Waals surface area contributed by atoms with Gasteiger partial charge in [0.25, 0.3) is 0 Å². The van der Waals surface area contributed by atoms with Crippen molar-refractivity contribution in [3.8, 4) is 11.6 Å². The molecule has 1 unspecified atom stereocenters. The minimum Gasteiger partial charge on any atom is -0.495 e. The summed E-state index contributed by atoms with van der Waals surface area (Å²) in [6.45, 7) is 3.36. The summed E-state index contributed by atoms with van der Waals surface area (Å²) in [6.07, 6.45) is 5.06. The molecule has 1 aliphatic rings. The highest BCUT2D eigenvalue weighted by atomic mass is 35.5. The van der Waals surface area contributed by atoms with E-state index in [1.807, 2.05) is 11.0 Å². The molecule has 27 heavy (non-hydrogen) atoms. The second-order valence-corrected chi connectivity index (χ2v) is 6.63. The molecule has 1 saturated heterocycles. The van der Waals surface area contributed by atoms with Crippen LogP contribution in [0.4, 0.5) is 5.95 Å². The van der Waals surface area contributed by atoms with Gasteiger partial charge in [0.15, 0.2) is 0 Å². The Balaban J connectivity index is 1.87. The molecule has 1 atom stereocenters. The minimum absolute atomic E-state index is 0.0394. The van der Waals surface area contributed by atoms with Gasteiger partial charge in [0.2, 0.25) is 11.8 Å². The van der Waals surface area contributed by atoms with Gasteiger partial charge in [0.05, 0.1) is 18.3 Å². The van der Waals surface area contributed by atoms with Crippen LogP contribution < -0.4 is 14.4 Å². The van der Waals surface area contributed by atoms with E-state index in [0.717, 1.165) is 31.5 Å². The zero-order chi connectivity index (χ0) is 19.4. The van der Waals surface area contributed by atoms with Crippen LogP contribution in [0.5, 0.6) is 11.6 Å². The average Bonchev–Trinajstić information content (AvgIpc) is 2.68. The van der Waals surface area contributed by atoms with Crippen LogP contribution >= 0.6 is 11.6 Å². The summed E-state index contributed by atoms with van der Waals surface area (Å²) in [6, 6.07) is 5.29. The first-order chi connectivity index (χ1) is 13.0. The van der Waals surface area contributed by atoms with Crippen molar-refractivity contribution in [2.45, 2.75) is 25.9 Å². The molecule has 2 heterocycles. The SMILES string of the molecule is COc1ccc(C(C)Oc2nc(N3C[CH]CCC3)ncc2C(=O)O)cc1Cl. The number of aromatic nitrogens is 2. The van der Waals surface area contributed by atoms with Crippen LogP contribution in [0, 0.1) is 6.42 Å². The quantitative estimate of drug-likeness (QED) is 0.803. The lowest BCUT2D eigenvalue weighted by molar-refractivity contribution is 0.0687. The van der Waals surface area contributed by atoms with E-state index in [2.05, 4.69) is 16.4 Å². The van der Waals surface area contributed by atoms with Gasteiger partial charge in [-0.25, -0.2) is 9.78 Å². The topological polar surface area (TPSA) is 84.8 Å². The number of rotatable bonds is 6. The Morgan fingerprint density at radius 2 is 2.22 bits per heavy atom. The molecule has 0 spiro atoms. The van der Waals surface area contributed by atoms with Crippen molar-refractivity contribution in [3.05, 3.63) is 47.0 Å². The number of ether oxygens (including phenoxy) is 2. The number of hydrogen-bond donors (Lipinski definition) is 1. The second-order valence-electron chi connectivity index (χ2n) is 6.22. The number of anilines is 1. The largest absolute Gasteiger partial charge is 0.495 e. The smallest absolute Gasteiger partial charge is 0.342 e. The van der Waals surface area contributed by atoms with Crippen molar-refractivity contribution in [2.75, 3.05) is 25.1 Å². The first-order valence-electron chi connectivity index (χ1n) is 8.66. The van der Waals surface area contributed by atoms with E-state index < -0.39 is 12.1 Å². The number of halogens is 1. The third kappa shape index (κ3) is 4.42. The number of aromatic carboxylic acids is 1. The van der Waals surface area contributed by atoms with Crippen LogP contribution in [0.2, 0.25) is 5.02 Å². The molecule has 143 valence electrons. The van der Waals surface area contributed by atoms with Crippen LogP contribution in [-0.4, -0.2) is 41.2 Å². The summed E-state index contributed by atoms with van der Waals surface area (Å²) in [4.78, 5) is 22.1. The summed E-state index contributed by atoms with van der Waals surface area (Å²) in [7, 11) is 1.54. The number of methoxy groups -OCH3 is 1. The molecular formula is C19H21ClN3O4. The summed E-state index contributed by atoms with van der Waals surface area (Å²) in [5, 5.41) is 9.90. The van der Waals surface area contributed by atoms with E-state index in [1.54, 1.807) is 26.2 Å². The summed E-state index contributed by atoms with van der Waals surface area (Å²) < 4.78 is 11.0. The van der Waals surface area contributed by atoms with Crippen LogP contribution in [0.25, 0.3) is 0 Å². The molecule has 0 bridgehead atoms. The summed E-state index contributed by atoms with van der Waals surface area (Å²) in [5.74, 6) is -0.0744. The lowest BCUT2D eigenvalue weighted by Crippen LogP contribution is -2.31. The number of piperidine rings is 1. The van der Waals surface area contributed by atoms with Crippen molar-refractivity contribution in [1.29, 1.82) is 0 Å². The van der Waals surface area contributed by atoms with Crippen molar-refractivity contribution in [2.24, 2.45) is 0 Å². The van der Waals surface area contributed by atoms with Gasteiger partial charge >= 0.3 is 5.97 Å². The number of carboxylic acids is 1. The summed E-state index contributed by atoms with van der Waals surface area (Å²) in [5.41, 5.74) is 0.704. The lowest BCUT2D eigenvalue weighted by Gasteiger charge is -2.27. The zero-order valence-corrected chi connectivity index (χ0v) is 15.9. The molecule has 1 aromatic heterocycles. The van der Waals surface area contributed by atoms with E-state index in [1.165, 1.54) is 6.20 Å². The number of carboxylic acid groups (broad SMARTS) is 1. The Hall–Kier alpha value is -2.54. The van der Waals surface area contributed by atoms with Gasteiger partial charge in [0, 0.05) is 13.1 Å². The molecule has 0 aliphatic carbocycles. The maximum Gasteiger partial charge on any atom is 0.342 e. The zero-order valence-electron chi connectivity index (χ0n) is 15.2. The highest BCUT2D eigenvalue weighted by Gasteiger charge is 2.21. The Morgan fingerprint density at radius 1 is 1.41 bits per heavy atom. The second kappa shape index (κ2) is 8.43. The van der Waals surface area contributed by atoms with Crippen molar-refractivity contribution in [1.82, 2.24) is 9.97 Å². The van der Waals surface area contributed by atoms with E-state index in [9.17, 15) is 9.90 Å². The fraction of sp³-hybridized carbons (Fsp3) is 0.368. The van der Waals surface area contributed by atoms with Gasteiger partial charge in [-0.3, -0.25) is 0 Å². The molecule has 0 saturated carbocycles. The van der Waals surface area contributed by atoms with E-state index >= 15 is 0 Å². The standard InChI is InChI=1S/C19H21ClN3O4/c1-12(13-6-7-16(26-2)15(20)10-13)27-17-14(18(24)25)11-21-19(22-17)23-8-4-3-5-9-23/h4,6-7,10-12H,3,5,8-9H2,1-2H3,(H,24,25). The normalized spacial score (nSPS) is 15.3.